The van der Waals surface area contributed by atoms with Crippen molar-refractivity contribution in [1.82, 2.24) is 5.32 Å². The Morgan fingerprint density at radius 3 is 3.06 bits per heavy atom. The summed E-state index contributed by atoms with van der Waals surface area (Å²) in [6.45, 7) is 1.81. The standard InChI is InChI=1S/C11H19NOS3/c14-11(12-7-9-3-1-5-13-9)16-8-10-4-2-6-15-10/h9-10H,1-8H2,(H,12,14). The molecule has 2 nitrogen and oxygen atoms in total. The summed E-state index contributed by atoms with van der Waals surface area (Å²) in [7, 11) is 0. The van der Waals surface area contributed by atoms with Crippen LogP contribution >= 0.6 is 35.7 Å². The van der Waals surface area contributed by atoms with Crippen molar-refractivity contribution in [2.24, 2.45) is 0 Å². The molecule has 16 heavy (non-hydrogen) atoms. The van der Waals surface area contributed by atoms with E-state index in [1.807, 2.05) is 0 Å². The Morgan fingerprint density at radius 1 is 1.44 bits per heavy atom. The first-order valence-corrected chi connectivity index (χ1v) is 8.42. The third kappa shape index (κ3) is 4.43. The molecule has 0 radical (unpaired) electrons. The number of thiocarbonyl (C=S) groups is 1. The maximum atomic E-state index is 5.55. The highest BCUT2D eigenvalue weighted by molar-refractivity contribution is 8.23. The van der Waals surface area contributed by atoms with Crippen molar-refractivity contribution >= 4 is 40.1 Å². The normalized spacial score (nSPS) is 29.5. The molecule has 2 unspecified atom stereocenters. The van der Waals surface area contributed by atoms with Crippen LogP contribution < -0.4 is 5.32 Å². The van der Waals surface area contributed by atoms with Gasteiger partial charge in [0, 0.05) is 24.2 Å². The van der Waals surface area contributed by atoms with E-state index < -0.39 is 0 Å². The highest BCUT2D eigenvalue weighted by Crippen LogP contribution is 2.29. The van der Waals surface area contributed by atoms with Crippen LogP contribution in [0.1, 0.15) is 25.7 Å². The molecule has 5 heteroatoms. The van der Waals surface area contributed by atoms with E-state index in [0.29, 0.717) is 6.10 Å². The summed E-state index contributed by atoms with van der Waals surface area (Å²) in [5.41, 5.74) is 0. The van der Waals surface area contributed by atoms with Crippen LogP contribution in [0.25, 0.3) is 0 Å². The van der Waals surface area contributed by atoms with Gasteiger partial charge in [0.15, 0.2) is 0 Å². The molecular weight excluding hydrogens is 258 g/mol. The molecule has 2 fully saturated rings. The lowest BCUT2D eigenvalue weighted by Crippen LogP contribution is -2.29. The van der Waals surface area contributed by atoms with E-state index in [1.165, 1.54) is 37.2 Å². The lowest BCUT2D eigenvalue weighted by molar-refractivity contribution is 0.114. The van der Waals surface area contributed by atoms with Crippen molar-refractivity contribution in [2.75, 3.05) is 24.7 Å². The van der Waals surface area contributed by atoms with Crippen molar-refractivity contribution < 1.29 is 4.74 Å². The van der Waals surface area contributed by atoms with Gasteiger partial charge >= 0.3 is 0 Å². The van der Waals surface area contributed by atoms with Crippen LogP contribution in [0.5, 0.6) is 0 Å². The first-order chi connectivity index (χ1) is 7.84. The summed E-state index contributed by atoms with van der Waals surface area (Å²) < 4.78 is 6.49. The van der Waals surface area contributed by atoms with Gasteiger partial charge in [0.1, 0.15) is 4.32 Å². The Balaban J connectivity index is 1.53. The highest BCUT2D eigenvalue weighted by atomic mass is 32.2. The van der Waals surface area contributed by atoms with Crippen LogP contribution in [0.4, 0.5) is 0 Å². The molecule has 0 amide bonds. The quantitative estimate of drug-likeness (QED) is 0.795. The average molecular weight is 277 g/mol. The Morgan fingerprint density at radius 2 is 2.38 bits per heavy atom. The van der Waals surface area contributed by atoms with Crippen LogP contribution in [0.2, 0.25) is 0 Å². The Labute approximate surface area is 112 Å². The highest BCUT2D eigenvalue weighted by Gasteiger charge is 2.18. The molecule has 0 spiro atoms. The largest absolute Gasteiger partial charge is 0.376 e. The van der Waals surface area contributed by atoms with Crippen molar-refractivity contribution in [1.29, 1.82) is 0 Å². The first-order valence-electron chi connectivity index (χ1n) is 5.98. The molecule has 0 aromatic carbocycles. The van der Waals surface area contributed by atoms with E-state index in [2.05, 4.69) is 17.1 Å². The average Bonchev–Trinajstić information content (AvgIpc) is 2.96. The summed E-state index contributed by atoms with van der Waals surface area (Å²) in [6.07, 6.45) is 5.52. The maximum absolute atomic E-state index is 5.55. The van der Waals surface area contributed by atoms with Crippen LogP contribution in [-0.4, -0.2) is 40.3 Å². The molecule has 0 aromatic heterocycles. The number of thioether (sulfide) groups is 2. The van der Waals surface area contributed by atoms with Crippen molar-refractivity contribution in [3.8, 4) is 0 Å². The van der Waals surface area contributed by atoms with E-state index in [1.54, 1.807) is 11.8 Å². The van der Waals surface area contributed by atoms with Crippen molar-refractivity contribution in [3.63, 3.8) is 0 Å². The SMILES string of the molecule is S=C(NCC1CCCO1)SCC1CCCS1. The maximum Gasteiger partial charge on any atom is 0.133 e. The molecule has 2 heterocycles. The molecule has 2 aliphatic rings. The van der Waals surface area contributed by atoms with Crippen molar-refractivity contribution in [3.05, 3.63) is 0 Å². The Kier molecular flexibility index (Phi) is 5.76. The molecule has 2 aliphatic heterocycles. The molecule has 0 bridgehead atoms. The third-order valence-electron chi connectivity index (χ3n) is 2.92. The second-order valence-corrected chi connectivity index (χ2v) is 7.35. The van der Waals surface area contributed by atoms with Gasteiger partial charge in [-0.25, -0.2) is 0 Å². The third-order valence-corrected chi connectivity index (χ3v) is 6.00. The summed E-state index contributed by atoms with van der Waals surface area (Å²) in [4.78, 5) is 0. The number of hydrogen-bond acceptors (Lipinski definition) is 4. The smallest absolute Gasteiger partial charge is 0.133 e. The fourth-order valence-electron chi connectivity index (χ4n) is 2.00. The predicted octanol–water partition coefficient (Wildman–Crippen LogP) is 2.67. The lowest BCUT2D eigenvalue weighted by atomic mass is 10.2. The van der Waals surface area contributed by atoms with E-state index in [4.69, 9.17) is 17.0 Å². The fraction of sp³-hybridized carbons (Fsp3) is 0.909. The molecule has 2 atom stereocenters. The fourth-order valence-corrected chi connectivity index (χ4v) is 4.56. The molecule has 2 rings (SSSR count). The van der Waals surface area contributed by atoms with Gasteiger partial charge < -0.3 is 10.1 Å². The van der Waals surface area contributed by atoms with E-state index in [0.717, 1.165) is 22.7 Å². The van der Waals surface area contributed by atoms with Gasteiger partial charge in [-0.1, -0.05) is 24.0 Å². The number of nitrogens with one attached hydrogen (secondary N) is 1. The minimum absolute atomic E-state index is 0.388. The molecule has 0 aliphatic carbocycles. The minimum atomic E-state index is 0.388. The Hall–Kier alpha value is 0.550. The molecular formula is C11H19NOS3. The zero-order valence-corrected chi connectivity index (χ0v) is 11.9. The summed E-state index contributed by atoms with van der Waals surface area (Å²) in [6, 6.07) is 0. The summed E-state index contributed by atoms with van der Waals surface area (Å²) in [5.74, 6) is 2.50. The van der Waals surface area contributed by atoms with E-state index in [-0.39, 0.29) is 0 Å². The topological polar surface area (TPSA) is 21.3 Å². The second-order valence-electron chi connectivity index (χ2n) is 4.25. The number of rotatable bonds is 4. The van der Waals surface area contributed by atoms with Gasteiger partial charge in [-0.3, -0.25) is 0 Å². The van der Waals surface area contributed by atoms with Crippen LogP contribution in [0, 0.1) is 0 Å². The zero-order chi connectivity index (χ0) is 11.2. The van der Waals surface area contributed by atoms with Crippen LogP contribution in [0.3, 0.4) is 0 Å². The molecule has 92 valence electrons. The molecule has 1 N–H and O–H groups in total. The first kappa shape index (κ1) is 13.0. The lowest BCUT2D eigenvalue weighted by Gasteiger charge is -2.13. The minimum Gasteiger partial charge on any atom is -0.376 e. The van der Waals surface area contributed by atoms with E-state index >= 15 is 0 Å². The van der Waals surface area contributed by atoms with Gasteiger partial charge in [0.05, 0.1) is 6.10 Å². The summed E-state index contributed by atoms with van der Waals surface area (Å²) in [5, 5.41) is 4.14. The van der Waals surface area contributed by atoms with Gasteiger partial charge in [0.2, 0.25) is 0 Å². The van der Waals surface area contributed by atoms with Crippen LogP contribution in [0.15, 0.2) is 0 Å². The van der Waals surface area contributed by atoms with Crippen molar-refractivity contribution in [2.45, 2.75) is 37.0 Å². The van der Waals surface area contributed by atoms with Gasteiger partial charge in [-0.2, -0.15) is 11.8 Å². The van der Waals surface area contributed by atoms with Gasteiger partial charge in [0.25, 0.3) is 0 Å². The van der Waals surface area contributed by atoms with Gasteiger partial charge in [-0.05, 0) is 31.4 Å². The number of hydrogen-bond donors (Lipinski definition) is 1. The van der Waals surface area contributed by atoms with Crippen LogP contribution in [-0.2, 0) is 4.74 Å². The zero-order valence-electron chi connectivity index (χ0n) is 9.44. The number of ether oxygens (including phenoxy) is 1. The monoisotopic (exact) mass is 277 g/mol. The van der Waals surface area contributed by atoms with Gasteiger partial charge in [-0.15, -0.1) is 0 Å². The predicted molar refractivity (Wildman–Crippen MR) is 77.5 cm³/mol. The molecule has 0 saturated carbocycles. The molecule has 2 saturated heterocycles. The van der Waals surface area contributed by atoms with E-state index in [9.17, 15) is 0 Å². The summed E-state index contributed by atoms with van der Waals surface area (Å²) >= 11 is 9.21. The Bertz CT molecular complexity index is 203. The molecule has 0 aromatic rings. The second kappa shape index (κ2) is 7.09.